The number of amides is 1. The number of methoxy groups -OCH3 is 1. The van der Waals surface area contributed by atoms with E-state index in [1.165, 1.54) is 7.11 Å². The molecule has 2 bridgehead atoms. The van der Waals surface area contributed by atoms with E-state index in [1.807, 2.05) is 33.8 Å². The summed E-state index contributed by atoms with van der Waals surface area (Å²) in [6.07, 6.45) is 1.54. The van der Waals surface area contributed by atoms with Crippen LogP contribution in [-0.2, 0) is 4.74 Å². The van der Waals surface area contributed by atoms with Crippen molar-refractivity contribution in [2.45, 2.75) is 65.1 Å². The summed E-state index contributed by atoms with van der Waals surface area (Å²) in [4.78, 5) is 26.3. The van der Waals surface area contributed by atoms with Crippen molar-refractivity contribution in [2.75, 3.05) is 31.7 Å². The maximum atomic E-state index is 12.2. The third-order valence-corrected chi connectivity index (χ3v) is 7.88. The lowest BCUT2D eigenvalue weighted by atomic mass is 10.0. The third kappa shape index (κ3) is 5.15. The highest BCUT2D eigenvalue weighted by Gasteiger charge is 2.47. The van der Waals surface area contributed by atoms with Crippen LogP contribution in [0.25, 0.3) is 22.6 Å². The number of piperazine rings is 1. The average Bonchev–Trinajstić information content (AvgIpc) is 3.62. The predicted molar refractivity (Wildman–Crippen MR) is 147 cm³/mol. The Morgan fingerprint density at radius 3 is 2.67 bits per heavy atom. The Morgan fingerprint density at radius 1 is 1.23 bits per heavy atom. The quantitative estimate of drug-likeness (QED) is 0.412. The van der Waals surface area contributed by atoms with Crippen molar-refractivity contribution >= 4 is 23.5 Å². The van der Waals surface area contributed by atoms with Crippen LogP contribution >= 0.6 is 11.6 Å². The van der Waals surface area contributed by atoms with Gasteiger partial charge in [-0.25, -0.2) is 14.8 Å². The summed E-state index contributed by atoms with van der Waals surface area (Å²) in [5, 5.41) is 14.8. The van der Waals surface area contributed by atoms with E-state index in [9.17, 15) is 9.90 Å². The number of halogens is 1. The normalized spacial score (nSPS) is 19.1. The van der Waals surface area contributed by atoms with E-state index < -0.39 is 6.10 Å². The fraction of sp³-hybridized carbons (Fsp3) is 0.500. The van der Waals surface area contributed by atoms with Gasteiger partial charge in [0.25, 0.3) is 0 Å². The number of aliphatic hydroxyl groups excluding tert-OH is 1. The highest BCUT2D eigenvalue weighted by Crippen LogP contribution is 2.41. The predicted octanol–water partition coefficient (Wildman–Crippen LogP) is 4.95. The first-order chi connectivity index (χ1) is 18.7. The van der Waals surface area contributed by atoms with E-state index in [2.05, 4.69) is 10.1 Å². The molecule has 5 rings (SSSR count). The van der Waals surface area contributed by atoms with E-state index in [-0.39, 0.29) is 24.8 Å². The summed E-state index contributed by atoms with van der Waals surface area (Å²) in [6.45, 7) is 9.18. The lowest BCUT2D eigenvalue weighted by molar-refractivity contribution is 0.0994. The number of fused-ring (bicyclic) bond motifs is 2. The van der Waals surface area contributed by atoms with E-state index in [0.29, 0.717) is 47.4 Å². The zero-order valence-electron chi connectivity index (χ0n) is 22.9. The van der Waals surface area contributed by atoms with E-state index in [1.54, 1.807) is 17.0 Å². The molecule has 0 aliphatic carbocycles. The SMILES string of the molecule is CCC[C@@H](O)COc1ccc(Cl)c(-c2nc(-c3c(C)noc3C)c(C)c(N3C[C@H]4C[C@@H]3CN4C(=O)OC)n2)c1. The van der Waals surface area contributed by atoms with Gasteiger partial charge in [0.15, 0.2) is 5.82 Å². The molecule has 1 amide bonds. The molecule has 2 saturated heterocycles. The van der Waals surface area contributed by atoms with Gasteiger partial charge in [-0.2, -0.15) is 0 Å². The lowest BCUT2D eigenvalue weighted by Crippen LogP contribution is -2.49. The molecule has 0 saturated carbocycles. The Balaban J connectivity index is 1.57. The second-order valence-corrected chi connectivity index (χ2v) is 10.7. The standard InChI is InChI=1S/C28H34ClN5O5/c1-6-7-20(35)14-38-21-8-9-23(29)22(11-21)26-30-25(24-16(3)32-39-17(24)4)15(2)27(31-26)33-12-19-10-18(33)13-34(19)28(36)37-5/h8-9,11,18-20,35H,6-7,10,12-14H2,1-5H3/t18-,19-,20-/m1/s1. The zero-order chi connectivity index (χ0) is 27.8. The molecule has 1 N–H and O–H groups in total. The number of carbonyl (C=O) groups excluding carboxylic acids is 1. The van der Waals surface area contributed by atoms with Crippen LogP contribution in [0.3, 0.4) is 0 Å². The molecule has 39 heavy (non-hydrogen) atoms. The number of nitrogens with zero attached hydrogens (tertiary/aromatic N) is 5. The molecule has 208 valence electrons. The number of hydrogen-bond donors (Lipinski definition) is 1. The fourth-order valence-electron chi connectivity index (χ4n) is 5.61. The van der Waals surface area contributed by atoms with Crippen LogP contribution in [0, 0.1) is 20.8 Å². The Bertz CT molecular complexity index is 1360. The Morgan fingerprint density at radius 2 is 2.03 bits per heavy atom. The number of aryl methyl sites for hydroxylation is 2. The smallest absolute Gasteiger partial charge is 0.409 e. The van der Waals surface area contributed by atoms with Gasteiger partial charge in [0.1, 0.15) is 23.9 Å². The molecule has 0 spiro atoms. The van der Waals surface area contributed by atoms with E-state index >= 15 is 0 Å². The molecule has 2 aromatic heterocycles. The number of ether oxygens (including phenoxy) is 2. The number of benzene rings is 1. The van der Waals surface area contributed by atoms with Gasteiger partial charge in [-0.1, -0.05) is 30.1 Å². The minimum atomic E-state index is -0.544. The molecular weight excluding hydrogens is 522 g/mol. The third-order valence-electron chi connectivity index (χ3n) is 7.56. The van der Waals surface area contributed by atoms with Gasteiger partial charge in [0.2, 0.25) is 0 Å². The lowest BCUT2D eigenvalue weighted by Gasteiger charge is -2.35. The van der Waals surface area contributed by atoms with Crippen LogP contribution in [0.5, 0.6) is 5.75 Å². The van der Waals surface area contributed by atoms with Crippen molar-refractivity contribution in [2.24, 2.45) is 0 Å². The molecule has 10 nitrogen and oxygen atoms in total. The number of aliphatic hydroxyl groups is 1. The monoisotopic (exact) mass is 555 g/mol. The van der Waals surface area contributed by atoms with E-state index in [4.69, 9.17) is 35.6 Å². The van der Waals surface area contributed by atoms with Crippen molar-refractivity contribution in [1.82, 2.24) is 20.0 Å². The second kappa shape index (κ2) is 11.0. The fourth-order valence-corrected chi connectivity index (χ4v) is 5.81. The molecule has 2 aliphatic heterocycles. The van der Waals surface area contributed by atoms with Crippen LogP contribution < -0.4 is 9.64 Å². The molecule has 11 heteroatoms. The van der Waals surface area contributed by atoms with Crippen molar-refractivity contribution in [3.8, 4) is 28.4 Å². The number of hydrogen-bond acceptors (Lipinski definition) is 9. The zero-order valence-corrected chi connectivity index (χ0v) is 23.7. The van der Waals surface area contributed by atoms with Gasteiger partial charge in [-0.15, -0.1) is 0 Å². The summed E-state index contributed by atoms with van der Waals surface area (Å²) >= 11 is 6.68. The summed E-state index contributed by atoms with van der Waals surface area (Å²) in [5.74, 6) is 2.47. The highest BCUT2D eigenvalue weighted by molar-refractivity contribution is 6.33. The Labute approximate surface area is 232 Å². The minimum Gasteiger partial charge on any atom is -0.491 e. The van der Waals surface area contributed by atoms with Crippen molar-refractivity contribution in [3.05, 3.63) is 40.2 Å². The highest BCUT2D eigenvalue weighted by atomic mass is 35.5. The van der Waals surface area contributed by atoms with Gasteiger partial charge in [0.05, 0.1) is 47.3 Å². The maximum absolute atomic E-state index is 12.2. The first-order valence-electron chi connectivity index (χ1n) is 13.3. The summed E-state index contributed by atoms with van der Waals surface area (Å²) < 4.78 is 16.3. The van der Waals surface area contributed by atoms with Gasteiger partial charge in [0, 0.05) is 24.2 Å². The van der Waals surface area contributed by atoms with Gasteiger partial charge >= 0.3 is 6.09 Å². The first-order valence-corrected chi connectivity index (χ1v) is 13.6. The molecule has 1 aromatic carbocycles. The molecule has 0 radical (unpaired) electrons. The first kappa shape index (κ1) is 27.2. The minimum absolute atomic E-state index is 0.0534. The average molecular weight is 556 g/mol. The largest absolute Gasteiger partial charge is 0.491 e. The molecule has 3 aromatic rings. The number of rotatable bonds is 8. The topological polar surface area (TPSA) is 114 Å². The summed E-state index contributed by atoms with van der Waals surface area (Å²) in [5.41, 5.74) is 3.80. The number of carbonyl (C=O) groups is 1. The van der Waals surface area contributed by atoms with Crippen LogP contribution in [0.2, 0.25) is 5.02 Å². The molecule has 4 heterocycles. The molecule has 3 atom stereocenters. The number of likely N-dealkylation sites (tertiary alicyclic amines) is 1. The Kier molecular flexibility index (Phi) is 7.68. The van der Waals surface area contributed by atoms with Crippen LogP contribution in [0.1, 0.15) is 43.2 Å². The number of aromatic nitrogens is 3. The maximum Gasteiger partial charge on any atom is 0.409 e. The van der Waals surface area contributed by atoms with Crippen molar-refractivity contribution < 1.29 is 23.9 Å². The molecular formula is C28H34ClN5O5. The van der Waals surface area contributed by atoms with E-state index in [0.717, 1.165) is 41.2 Å². The van der Waals surface area contributed by atoms with Crippen LogP contribution in [0.15, 0.2) is 22.7 Å². The van der Waals surface area contributed by atoms with Crippen molar-refractivity contribution in [3.63, 3.8) is 0 Å². The van der Waals surface area contributed by atoms with Crippen molar-refractivity contribution in [1.29, 1.82) is 0 Å². The molecule has 2 aliphatic rings. The Hall–Kier alpha value is -3.37. The second-order valence-electron chi connectivity index (χ2n) is 10.3. The van der Waals surface area contributed by atoms with Gasteiger partial charge in [-0.05, 0) is 51.8 Å². The van der Waals surface area contributed by atoms with Gasteiger partial charge < -0.3 is 28.9 Å². The molecule has 2 fully saturated rings. The van der Waals surface area contributed by atoms with Crippen LogP contribution in [0.4, 0.5) is 10.6 Å². The summed E-state index contributed by atoms with van der Waals surface area (Å²) in [6, 6.07) is 5.50. The van der Waals surface area contributed by atoms with Gasteiger partial charge in [-0.3, -0.25) is 0 Å². The summed E-state index contributed by atoms with van der Waals surface area (Å²) in [7, 11) is 1.41. The van der Waals surface area contributed by atoms with Crippen LogP contribution in [-0.4, -0.2) is 76.2 Å². The molecule has 0 unspecified atom stereocenters. The number of anilines is 1.